The molecule has 0 saturated heterocycles. The fourth-order valence-electron chi connectivity index (χ4n) is 2.84. The van der Waals surface area contributed by atoms with Gasteiger partial charge in [-0.15, -0.1) is 0 Å². The maximum atomic E-state index is 15.2. The number of rotatable bonds is 10. The Hall–Kier alpha value is -2.71. The SMILES string of the molecule is CC[C@@H](N[C@H](C)CNC=O)c1ccc(Cl)c(Oc2ccc(F)c(C(N)=O)c2)c1F. The van der Waals surface area contributed by atoms with Gasteiger partial charge in [0.25, 0.3) is 5.91 Å². The molecule has 4 N–H and O–H groups in total. The molecule has 0 unspecified atom stereocenters. The van der Waals surface area contributed by atoms with Crippen molar-refractivity contribution in [3.05, 3.63) is 58.1 Å². The summed E-state index contributed by atoms with van der Waals surface area (Å²) < 4.78 is 34.4. The van der Waals surface area contributed by atoms with Crippen LogP contribution < -0.4 is 21.1 Å². The molecule has 2 atom stereocenters. The van der Waals surface area contributed by atoms with E-state index in [0.29, 0.717) is 24.9 Å². The lowest BCUT2D eigenvalue weighted by Crippen LogP contribution is -2.38. The summed E-state index contributed by atoms with van der Waals surface area (Å²) in [4.78, 5) is 21.8. The zero-order valence-electron chi connectivity index (χ0n) is 16.0. The van der Waals surface area contributed by atoms with Crippen molar-refractivity contribution in [3.8, 4) is 11.5 Å². The number of amides is 2. The first-order chi connectivity index (χ1) is 13.8. The van der Waals surface area contributed by atoms with E-state index >= 15 is 4.39 Å². The molecule has 0 saturated carbocycles. The van der Waals surface area contributed by atoms with Crippen molar-refractivity contribution in [2.45, 2.75) is 32.4 Å². The van der Waals surface area contributed by atoms with Crippen LogP contribution in [0.5, 0.6) is 11.5 Å². The first-order valence-corrected chi connectivity index (χ1v) is 9.34. The van der Waals surface area contributed by atoms with Crippen molar-refractivity contribution >= 4 is 23.9 Å². The molecule has 2 aromatic carbocycles. The Labute approximate surface area is 172 Å². The fourth-order valence-corrected chi connectivity index (χ4v) is 3.02. The Morgan fingerprint density at radius 1 is 1.31 bits per heavy atom. The van der Waals surface area contributed by atoms with Crippen molar-refractivity contribution in [2.24, 2.45) is 5.73 Å². The second-order valence-electron chi connectivity index (χ2n) is 6.44. The van der Waals surface area contributed by atoms with Crippen LogP contribution in [-0.2, 0) is 4.79 Å². The Kier molecular flexibility index (Phi) is 7.92. The molecule has 0 radical (unpaired) electrons. The standard InChI is InChI=1S/C20H22ClF2N3O3/c1-3-17(26-11(2)9-25-10-27)13-5-6-15(21)19(18(13)23)29-12-4-7-16(22)14(8-12)20(24)28/h4-8,10-11,17,26H,3,9H2,1-2H3,(H2,24,28)(H,25,27)/t11-,17-/m1/s1. The molecule has 29 heavy (non-hydrogen) atoms. The van der Waals surface area contributed by atoms with E-state index in [4.69, 9.17) is 22.1 Å². The number of carbonyl (C=O) groups excluding carboxylic acids is 2. The normalized spacial score (nSPS) is 12.9. The minimum absolute atomic E-state index is 0.0155. The lowest BCUT2D eigenvalue weighted by Gasteiger charge is -2.24. The van der Waals surface area contributed by atoms with E-state index < -0.39 is 17.5 Å². The van der Waals surface area contributed by atoms with Gasteiger partial charge in [-0.2, -0.15) is 0 Å². The first kappa shape index (κ1) is 22.6. The third kappa shape index (κ3) is 5.65. The first-order valence-electron chi connectivity index (χ1n) is 8.96. The summed E-state index contributed by atoms with van der Waals surface area (Å²) in [5, 5.41) is 5.81. The van der Waals surface area contributed by atoms with E-state index in [9.17, 15) is 14.0 Å². The number of nitrogens with one attached hydrogen (secondary N) is 2. The Morgan fingerprint density at radius 3 is 2.66 bits per heavy atom. The van der Waals surface area contributed by atoms with E-state index in [2.05, 4.69) is 10.6 Å². The predicted molar refractivity (Wildman–Crippen MR) is 106 cm³/mol. The van der Waals surface area contributed by atoms with Crippen molar-refractivity contribution < 1.29 is 23.1 Å². The number of benzene rings is 2. The second-order valence-corrected chi connectivity index (χ2v) is 6.85. The highest BCUT2D eigenvalue weighted by Crippen LogP contribution is 2.37. The molecular formula is C20H22ClF2N3O3. The highest BCUT2D eigenvalue weighted by Gasteiger charge is 2.22. The van der Waals surface area contributed by atoms with Crippen LogP contribution in [0, 0.1) is 11.6 Å². The van der Waals surface area contributed by atoms with Gasteiger partial charge in [-0.3, -0.25) is 9.59 Å². The smallest absolute Gasteiger partial charge is 0.251 e. The summed E-state index contributed by atoms with van der Waals surface area (Å²) in [6.07, 6.45) is 1.16. The highest BCUT2D eigenvalue weighted by atomic mass is 35.5. The van der Waals surface area contributed by atoms with Crippen LogP contribution in [-0.4, -0.2) is 24.9 Å². The van der Waals surface area contributed by atoms with Crippen LogP contribution in [0.25, 0.3) is 0 Å². The molecule has 0 bridgehead atoms. The Morgan fingerprint density at radius 2 is 2.03 bits per heavy atom. The number of primary amides is 1. The Balaban J connectivity index is 2.34. The van der Waals surface area contributed by atoms with Crippen molar-refractivity contribution in [1.29, 1.82) is 0 Å². The van der Waals surface area contributed by atoms with E-state index in [-0.39, 0.29) is 34.2 Å². The Bertz CT molecular complexity index is 896. The van der Waals surface area contributed by atoms with Crippen LogP contribution >= 0.6 is 11.6 Å². The van der Waals surface area contributed by atoms with E-state index in [0.717, 1.165) is 12.1 Å². The van der Waals surface area contributed by atoms with Gasteiger partial charge in [-0.1, -0.05) is 24.6 Å². The lowest BCUT2D eigenvalue weighted by atomic mass is 10.0. The summed E-state index contributed by atoms with van der Waals surface area (Å²) in [6, 6.07) is 5.89. The molecule has 2 rings (SSSR count). The van der Waals surface area contributed by atoms with Crippen molar-refractivity contribution in [2.75, 3.05) is 6.54 Å². The molecular weight excluding hydrogens is 404 g/mol. The van der Waals surface area contributed by atoms with Gasteiger partial charge in [0, 0.05) is 24.2 Å². The van der Waals surface area contributed by atoms with Gasteiger partial charge in [0.15, 0.2) is 11.6 Å². The number of nitrogens with two attached hydrogens (primary N) is 1. The molecule has 0 fully saturated rings. The summed E-state index contributed by atoms with van der Waals surface area (Å²) in [5.74, 6) is -2.69. The van der Waals surface area contributed by atoms with Gasteiger partial charge in [0.05, 0.1) is 10.6 Å². The van der Waals surface area contributed by atoms with Gasteiger partial charge >= 0.3 is 0 Å². The summed E-state index contributed by atoms with van der Waals surface area (Å²) in [6.45, 7) is 4.11. The third-order valence-electron chi connectivity index (χ3n) is 4.28. The lowest BCUT2D eigenvalue weighted by molar-refractivity contribution is -0.109. The molecule has 2 amide bonds. The molecule has 0 aliphatic heterocycles. The van der Waals surface area contributed by atoms with Crippen molar-refractivity contribution in [1.82, 2.24) is 10.6 Å². The third-order valence-corrected chi connectivity index (χ3v) is 4.58. The summed E-state index contributed by atoms with van der Waals surface area (Å²) in [7, 11) is 0. The highest BCUT2D eigenvalue weighted by molar-refractivity contribution is 6.32. The van der Waals surface area contributed by atoms with Crippen LogP contribution in [0.15, 0.2) is 30.3 Å². The van der Waals surface area contributed by atoms with Crippen molar-refractivity contribution in [3.63, 3.8) is 0 Å². The van der Waals surface area contributed by atoms with Crippen LogP contribution in [0.1, 0.15) is 42.2 Å². The molecule has 2 aromatic rings. The topological polar surface area (TPSA) is 93.4 Å². The van der Waals surface area contributed by atoms with Gasteiger partial charge in [0.2, 0.25) is 6.41 Å². The summed E-state index contributed by atoms with van der Waals surface area (Å²) >= 11 is 6.11. The molecule has 6 nitrogen and oxygen atoms in total. The quantitative estimate of drug-likeness (QED) is 0.506. The number of carbonyl (C=O) groups is 2. The molecule has 0 spiro atoms. The predicted octanol–water partition coefficient (Wildman–Crippen LogP) is 3.68. The van der Waals surface area contributed by atoms with Crippen LogP contribution in [0.2, 0.25) is 5.02 Å². The molecule has 0 aromatic heterocycles. The molecule has 0 heterocycles. The van der Waals surface area contributed by atoms with Gasteiger partial charge in [-0.25, -0.2) is 8.78 Å². The number of hydrogen-bond acceptors (Lipinski definition) is 4. The molecule has 0 aliphatic rings. The molecule has 156 valence electrons. The van der Waals surface area contributed by atoms with E-state index in [1.165, 1.54) is 12.1 Å². The zero-order valence-corrected chi connectivity index (χ0v) is 16.7. The fraction of sp³-hybridized carbons (Fsp3) is 0.300. The number of halogens is 3. The maximum Gasteiger partial charge on any atom is 0.251 e. The van der Waals surface area contributed by atoms with Gasteiger partial charge in [-0.05, 0) is 37.6 Å². The largest absolute Gasteiger partial charge is 0.453 e. The van der Waals surface area contributed by atoms with E-state index in [1.807, 2.05) is 13.8 Å². The second kappa shape index (κ2) is 10.2. The average molecular weight is 426 g/mol. The van der Waals surface area contributed by atoms with Crippen LogP contribution in [0.4, 0.5) is 8.78 Å². The molecule has 0 aliphatic carbocycles. The minimum atomic E-state index is -0.971. The minimum Gasteiger partial charge on any atom is -0.453 e. The maximum absolute atomic E-state index is 15.2. The number of ether oxygens (including phenoxy) is 1. The number of hydrogen-bond donors (Lipinski definition) is 3. The van der Waals surface area contributed by atoms with Gasteiger partial charge < -0.3 is 21.1 Å². The van der Waals surface area contributed by atoms with Gasteiger partial charge in [0.1, 0.15) is 11.6 Å². The van der Waals surface area contributed by atoms with E-state index in [1.54, 1.807) is 6.07 Å². The average Bonchev–Trinajstić information content (AvgIpc) is 2.69. The van der Waals surface area contributed by atoms with Crippen LogP contribution in [0.3, 0.4) is 0 Å². The summed E-state index contributed by atoms with van der Waals surface area (Å²) in [5.41, 5.74) is 5.08. The monoisotopic (exact) mass is 425 g/mol. The molecule has 9 heteroatoms. The zero-order chi connectivity index (χ0) is 21.6.